The van der Waals surface area contributed by atoms with E-state index in [1.165, 1.54) is 6.20 Å². The second kappa shape index (κ2) is 12.4. The maximum absolute atomic E-state index is 14.8. The Bertz CT molecular complexity index is 1210. The lowest BCUT2D eigenvalue weighted by atomic mass is 9.93. The molecule has 0 saturated heterocycles. The van der Waals surface area contributed by atoms with Crippen molar-refractivity contribution in [2.24, 2.45) is 5.73 Å². The number of hydrogen-bond donors (Lipinski definition) is 2. The van der Waals surface area contributed by atoms with Crippen LogP contribution in [-0.2, 0) is 16.8 Å². The first-order valence-electron chi connectivity index (χ1n) is 12.0. The fraction of sp³-hybridized carbons (Fsp3) is 0.480. The van der Waals surface area contributed by atoms with Crippen molar-refractivity contribution < 1.29 is 23.1 Å². The zero-order valence-electron chi connectivity index (χ0n) is 21.0. The second-order valence-corrected chi connectivity index (χ2v) is 8.90. The molecule has 1 unspecified atom stereocenters. The van der Waals surface area contributed by atoms with E-state index in [2.05, 4.69) is 26.2 Å². The number of nitriles is 1. The van der Waals surface area contributed by atoms with Gasteiger partial charge in [0.25, 0.3) is 5.91 Å². The summed E-state index contributed by atoms with van der Waals surface area (Å²) in [4.78, 5) is 29.6. The number of amides is 2. The van der Waals surface area contributed by atoms with Crippen molar-refractivity contribution in [1.82, 2.24) is 19.7 Å². The topological polar surface area (TPSA) is 139 Å². The second-order valence-electron chi connectivity index (χ2n) is 8.90. The Morgan fingerprint density at radius 1 is 1.41 bits per heavy atom. The van der Waals surface area contributed by atoms with Crippen LogP contribution in [0.1, 0.15) is 60.6 Å². The summed E-state index contributed by atoms with van der Waals surface area (Å²) >= 11 is 0. The molecule has 1 atom stereocenters. The molecule has 0 aromatic carbocycles. The molecule has 0 saturated carbocycles. The molecule has 12 heteroatoms. The number of pyridine rings is 1. The number of nitrogens with one attached hydrogen (secondary N) is 1. The fourth-order valence-corrected chi connectivity index (χ4v) is 4.26. The van der Waals surface area contributed by atoms with Crippen LogP contribution in [0.15, 0.2) is 24.4 Å². The number of alkyl halides is 1. The molecule has 0 bridgehead atoms. The number of allylic oxidation sites excluding steroid dienone is 2. The lowest BCUT2D eigenvalue weighted by Gasteiger charge is -2.32. The molecule has 1 aliphatic carbocycles. The van der Waals surface area contributed by atoms with Gasteiger partial charge in [-0.05, 0) is 43.9 Å². The van der Waals surface area contributed by atoms with Crippen molar-refractivity contribution in [3.63, 3.8) is 0 Å². The highest BCUT2D eigenvalue weighted by molar-refractivity contribution is 6.00. The third-order valence-corrected chi connectivity index (χ3v) is 6.56. The number of nitrogens with zero attached hydrogens (tertiary/aromatic N) is 5. The molecule has 2 heterocycles. The first kappa shape index (κ1) is 27.7. The third kappa shape index (κ3) is 6.48. The van der Waals surface area contributed by atoms with Crippen molar-refractivity contribution in [3.05, 3.63) is 47.2 Å². The van der Waals surface area contributed by atoms with E-state index in [-0.39, 0.29) is 30.8 Å². The lowest BCUT2D eigenvalue weighted by molar-refractivity contribution is 0.1000. The van der Waals surface area contributed by atoms with Crippen molar-refractivity contribution >= 4 is 23.4 Å². The minimum Gasteiger partial charge on any atom is -0.453 e. The van der Waals surface area contributed by atoms with Gasteiger partial charge < -0.3 is 10.5 Å². The Balaban J connectivity index is 1.81. The van der Waals surface area contributed by atoms with Gasteiger partial charge in [-0.2, -0.15) is 14.8 Å². The Kier molecular flexibility index (Phi) is 9.30. The minimum absolute atomic E-state index is 0.114. The van der Waals surface area contributed by atoms with Crippen LogP contribution in [0.4, 0.5) is 19.4 Å². The maximum atomic E-state index is 14.8. The molecule has 2 amide bonds. The molecular weight excluding hydrogens is 484 g/mol. The van der Waals surface area contributed by atoms with Gasteiger partial charge in [-0.15, -0.1) is 0 Å². The summed E-state index contributed by atoms with van der Waals surface area (Å²) < 4.78 is 35.1. The number of methoxy groups -OCH3 is 1. The molecule has 0 radical (unpaired) electrons. The largest absolute Gasteiger partial charge is 0.453 e. The van der Waals surface area contributed by atoms with Crippen molar-refractivity contribution in [1.29, 1.82) is 5.26 Å². The predicted molar refractivity (Wildman–Crippen MR) is 133 cm³/mol. The smallest absolute Gasteiger partial charge is 0.412 e. The standard InChI is InChI=1S/C25H31F2N7O3/c1-3-33(14-18-8-9-20(30-21(18)27)17-6-4-5-7-17)13-11-25(16-26,10-12-28)34-15-19(22(29)35)23(32-34)31-24(36)37-2/h6,8-9,15H,3-5,7,10-11,13-14,16H2,1-2H3,(H2,29,35)(H,31,32,36). The first-order chi connectivity index (χ1) is 17.8. The van der Waals surface area contributed by atoms with E-state index in [9.17, 15) is 23.6 Å². The maximum Gasteiger partial charge on any atom is 0.412 e. The summed E-state index contributed by atoms with van der Waals surface area (Å²) in [7, 11) is 1.13. The minimum atomic E-state index is -1.45. The van der Waals surface area contributed by atoms with Crippen LogP contribution in [0.3, 0.4) is 0 Å². The molecule has 10 nitrogen and oxygen atoms in total. The van der Waals surface area contributed by atoms with Crippen LogP contribution >= 0.6 is 0 Å². The molecule has 2 aromatic heterocycles. The van der Waals surface area contributed by atoms with Crippen LogP contribution in [0.2, 0.25) is 0 Å². The van der Waals surface area contributed by atoms with Gasteiger partial charge in [0.15, 0.2) is 5.82 Å². The normalized spacial score (nSPS) is 14.6. The molecule has 0 aliphatic heterocycles. The monoisotopic (exact) mass is 515 g/mol. The number of rotatable bonds is 12. The Hall–Kier alpha value is -3.85. The Labute approximate surface area is 214 Å². The van der Waals surface area contributed by atoms with Crippen LogP contribution < -0.4 is 11.1 Å². The van der Waals surface area contributed by atoms with Gasteiger partial charge in [0.05, 0.1) is 25.3 Å². The van der Waals surface area contributed by atoms with E-state index < -0.39 is 30.2 Å². The van der Waals surface area contributed by atoms with Gasteiger partial charge in [0.2, 0.25) is 5.95 Å². The number of ether oxygens (including phenoxy) is 1. The van der Waals surface area contributed by atoms with E-state index in [4.69, 9.17) is 5.73 Å². The SMILES string of the molecule is CCN(CCC(CF)(CC#N)n1cc(C(N)=O)c(NC(=O)OC)n1)Cc1ccc(C2=CCCC2)nc1F. The number of carbonyl (C=O) groups is 2. The quantitative estimate of drug-likeness (QED) is 0.410. The zero-order valence-corrected chi connectivity index (χ0v) is 21.0. The van der Waals surface area contributed by atoms with E-state index in [0.717, 1.165) is 36.6 Å². The van der Waals surface area contributed by atoms with Gasteiger partial charge in [-0.1, -0.05) is 19.1 Å². The number of hydrogen-bond acceptors (Lipinski definition) is 7. The molecule has 37 heavy (non-hydrogen) atoms. The molecule has 0 spiro atoms. The summed E-state index contributed by atoms with van der Waals surface area (Å²) in [6.45, 7) is 1.98. The van der Waals surface area contributed by atoms with Gasteiger partial charge in [0, 0.05) is 24.8 Å². The molecule has 3 rings (SSSR count). The van der Waals surface area contributed by atoms with Crippen LogP contribution in [0.25, 0.3) is 5.57 Å². The van der Waals surface area contributed by atoms with Crippen molar-refractivity contribution in [3.8, 4) is 6.07 Å². The van der Waals surface area contributed by atoms with E-state index in [1.54, 1.807) is 6.07 Å². The number of anilines is 1. The highest BCUT2D eigenvalue weighted by atomic mass is 19.1. The van der Waals surface area contributed by atoms with Gasteiger partial charge in [0.1, 0.15) is 17.8 Å². The Morgan fingerprint density at radius 2 is 2.19 bits per heavy atom. The molecule has 0 fully saturated rings. The summed E-state index contributed by atoms with van der Waals surface area (Å²) in [5, 5.41) is 15.9. The van der Waals surface area contributed by atoms with Gasteiger partial charge in [-0.25, -0.2) is 14.2 Å². The number of carbonyl (C=O) groups excluding carboxylic acids is 2. The number of nitrogens with two attached hydrogens (primary N) is 1. The molecule has 1 aliphatic rings. The highest BCUT2D eigenvalue weighted by Gasteiger charge is 2.36. The highest BCUT2D eigenvalue weighted by Crippen LogP contribution is 2.30. The van der Waals surface area contributed by atoms with Gasteiger partial charge >= 0.3 is 6.09 Å². The van der Waals surface area contributed by atoms with Crippen molar-refractivity contribution in [2.45, 2.75) is 51.1 Å². The fourth-order valence-electron chi connectivity index (χ4n) is 4.26. The average Bonchev–Trinajstić information content (AvgIpc) is 3.57. The van der Waals surface area contributed by atoms with Crippen LogP contribution in [-0.4, -0.2) is 58.5 Å². The third-order valence-electron chi connectivity index (χ3n) is 6.56. The van der Waals surface area contributed by atoms with E-state index in [1.807, 2.05) is 24.0 Å². The first-order valence-corrected chi connectivity index (χ1v) is 12.0. The predicted octanol–water partition coefficient (Wildman–Crippen LogP) is 3.75. The summed E-state index contributed by atoms with van der Waals surface area (Å²) in [5.74, 6) is -1.64. The van der Waals surface area contributed by atoms with Crippen molar-refractivity contribution in [2.75, 3.05) is 32.2 Å². The Morgan fingerprint density at radius 3 is 2.76 bits per heavy atom. The van der Waals surface area contributed by atoms with Crippen LogP contribution in [0.5, 0.6) is 0 Å². The van der Waals surface area contributed by atoms with E-state index >= 15 is 0 Å². The molecule has 198 valence electrons. The molecule has 2 aromatic rings. The summed E-state index contributed by atoms with van der Waals surface area (Å²) in [6, 6.07) is 5.51. The summed E-state index contributed by atoms with van der Waals surface area (Å²) in [5.41, 5.74) is 5.91. The van der Waals surface area contributed by atoms with E-state index in [0.29, 0.717) is 24.3 Å². The zero-order chi connectivity index (χ0) is 27.0. The van der Waals surface area contributed by atoms with Crippen LogP contribution in [0, 0.1) is 17.3 Å². The molecule has 3 N–H and O–H groups in total. The number of primary amides is 1. The number of aromatic nitrogens is 3. The lowest BCUT2D eigenvalue weighted by Crippen LogP contribution is -2.40. The summed E-state index contributed by atoms with van der Waals surface area (Å²) in [6.07, 6.45) is 5.15. The number of halogens is 2. The molecular formula is C25H31F2N7O3. The average molecular weight is 516 g/mol. The van der Waals surface area contributed by atoms with Gasteiger partial charge in [-0.3, -0.25) is 19.7 Å².